The highest BCUT2D eigenvalue weighted by molar-refractivity contribution is 7.09. The van der Waals surface area contributed by atoms with E-state index in [9.17, 15) is 0 Å². The van der Waals surface area contributed by atoms with Crippen molar-refractivity contribution in [3.05, 3.63) is 33.8 Å². The molecule has 0 bridgehead atoms. The average molecular weight is 302 g/mol. The lowest BCUT2D eigenvalue weighted by molar-refractivity contribution is 0.735. The van der Waals surface area contributed by atoms with Crippen molar-refractivity contribution < 1.29 is 0 Å². The molecule has 2 aromatic rings. The van der Waals surface area contributed by atoms with Crippen LogP contribution in [-0.2, 0) is 6.54 Å². The average Bonchev–Trinajstić information content (AvgIpc) is 3.16. The van der Waals surface area contributed by atoms with Crippen molar-refractivity contribution in [3.63, 3.8) is 0 Å². The number of hydrogen-bond acceptors (Lipinski definition) is 5. The third-order valence-corrected chi connectivity index (χ3v) is 4.72. The lowest BCUT2D eigenvalue weighted by Gasteiger charge is -2.26. The largest absolute Gasteiger partial charge is 0.383 e. The normalized spacial score (nSPS) is 14.7. The van der Waals surface area contributed by atoms with E-state index in [0.29, 0.717) is 11.9 Å². The van der Waals surface area contributed by atoms with E-state index in [1.165, 1.54) is 17.7 Å². The first kappa shape index (κ1) is 14.3. The zero-order chi connectivity index (χ0) is 15.0. The van der Waals surface area contributed by atoms with Crippen molar-refractivity contribution in [1.82, 2.24) is 9.97 Å². The first-order chi connectivity index (χ1) is 10.1. The third-order valence-electron chi connectivity index (χ3n) is 3.86. The summed E-state index contributed by atoms with van der Waals surface area (Å²) in [7, 11) is 0. The Morgan fingerprint density at radius 2 is 2.14 bits per heavy atom. The van der Waals surface area contributed by atoms with Crippen molar-refractivity contribution >= 4 is 23.0 Å². The van der Waals surface area contributed by atoms with Gasteiger partial charge in [-0.1, -0.05) is 19.9 Å². The molecule has 0 saturated heterocycles. The smallest absolute Gasteiger partial charge is 0.137 e. The fourth-order valence-electron chi connectivity index (χ4n) is 2.41. The second-order valence-corrected chi connectivity index (χ2v) is 7.04. The first-order valence-corrected chi connectivity index (χ1v) is 8.37. The Kier molecular flexibility index (Phi) is 3.85. The maximum absolute atomic E-state index is 6.12. The molecule has 1 aliphatic carbocycles. The summed E-state index contributed by atoms with van der Waals surface area (Å²) in [5.74, 6) is 2.75. The van der Waals surface area contributed by atoms with E-state index in [2.05, 4.69) is 41.2 Å². The van der Waals surface area contributed by atoms with E-state index in [1.54, 1.807) is 11.3 Å². The van der Waals surface area contributed by atoms with Gasteiger partial charge < -0.3 is 10.6 Å². The molecule has 0 aromatic carbocycles. The number of nitrogens with two attached hydrogens (primary N) is 1. The minimum atomic E-state index is 0.287. The monoisotopic (exact) mass is 302 g/mol. The van der Waals surface area contributed by atoms with E-state index >= 15 is 0 Å². The summed E-state index contributed by atoms with van der Waals surface area (Å²) in [6.45, 7) is 7.15. The van der Waals surface area contributed by atoms with Crippen LogP contribution >= 0.6 is 11.3 Å². The molecule has 2 heterocycles. The topological polar surface area (TPSA) is 55.0 Å². The van der Waals surface area contributed by atoms with Gasteiger partial charge in [0.05, 0.1) is 6.54 Å². The molecule has 0 radical (unpaired) electrons. The molecule has 0 aliphatic heterocycles. The predicted molar refractivity (Wildman–Crippen MR) is 88.8 cm³/mol. The van der Waals surface area contributed by atoms with Gasteiger partial charge in [0.1, 0.15) is 17.5 Å². The van der Waals surface area contributed by atoms with Crippen LogP contribution in [0.3, 0.4) is 0 Å². The summed E-state index contributed by atoms with van der Waals surface area (Å²) in [5, 5.41) is 2.13. The van der Waals surface area contributed by atoms with E-state index in [-0.39, 0.29) is 5.92 Å². The van der Waals surface area contributed by atoms with Gasteiger partial charge in [-0.3, -0.25) is 0 Å². The molecule has 0 atom stereocenters. The van der Waals surface area contributed by atoms with Crippen molar-refractivity contribution in [3.8, 4) is 0 Å². The molecule has 0 unspecified atom stereocenters. The molecule has 1 saturated carbocycles. The minimum Gasteiger partial charge on any atom is -0.383 e. The lowest BCUT2D eigenvalue weighted by Crippen LogP contribution is -2.27. The van der Waals surface area contributed by atoms with E-state index in [4.69, 9.17) is 10.7 Å². The van der Waals surface area contributed by atoms with Crippen molar-refractivity contribution in [2.75, 3.05) is 10.6 Å². The van der Waals surface area contributed by atoms with Gasteiger partial charge in [-0.25, -0.2) is 9.97 Å². The third kappa shape index (κ3) is 3.02. The molecule has 2 N–H and O–H groups in total. The van der Waals surface area contributed by atoms with Crippen LogP contribution in [0.4, 0.5) is 11.6 Å². The molecule has 21 heavy (non-hydrogen) atoms. The molecular weight excluding hydrogens is 280 g/mol. The fraction of sp³-hybridized carbons (Fsp3) is 0.500. The lowest BCUT2D eigenvalue weighted by atomic mass is 10.2. The SMILES string of the molecule is Cc1c(N)nc(C(C)C)nc1N(Cc1cccs1)C1CC1. The zero-order valence-corrected chi connectivity index (χ0v) is 13.7. The summed E-state index contributed by atoms with van der Waals surface area (Å²) in [5.41, 5.74) is 7.12. The van der Waals surface area contributed by atoms with Gasteiger partial charge in [-0.2, -0.15) is 0 Å². The minimum absolute atomic E-state index is 0.287. The van der Waals surface area contributed by atoms with Crippen LogP contribution in [0.1, 0.15) is 48.9 Å². The number of hydrogen-bond donors (Lipinski definition) is 1. The summed E-state index contributed by atoms with van der Waals surface area (Å²) in [6, 6.07) is 4.88. The molecule has 5 heteroatoms. The number of anilines is 2. The number of thiophene rings is 1. The molecule has 3 rings (SSSR count). The highest BCUT2D eigenvalue weighted by Crippen LogP contribution is 2.35. The second-order valence-electron chi connectivity index (χ2n) is 6.01. The zero-order valence-electron chi connectivity index (χ0n) is 12.8. The standard InChI is InChI=1S/C16H22N4S/c1-10(2)15-18-14(17)11(3)16(19-15)20(12-6-7-12)9-13-5-4-8-21-13/h4-5,8,10,12H,6-7,9H2,1-3H3,(H2,17,18,19). The highest BCUT2D eigenvalue weighted by atomic mass is 32.1. The molecule has 1 fully saturated rings. The highest BCUT2D eigenvalue weighted by Gasteiger charge is 2.32. The van der Waals surface area contributed by atoms with Crippen LogP contribution in [0, 0.1) is 6.92 Å². The van der Waals surface area contributed by atoms with E-state index < -0.39 is 0 Å². The van der Waals surface area contributed by atoms with Gasteiger partial charge in [0.25, 0.3) is 0 Å². The van der Waals surface area contributed by atoms with Crippen LogP contribution in [0.2, 0.25) is 0 Å². The Morgan fingerprint density at radius 1 is 1.38 bits per heavy atom. The summed E-state index contributed by atoms with van der Waals surface area (Å²) in [4.78, 5) is 13.0. The summed E-state index contributed by atoms with van der Waals surface area (Å²) >= 11 is 1.80. The number of nitrogen functional groups attached to an aromatic ring is 1. The second kappa shape index (κ2) is 5.64. The van der Waals surface area contributed by atoms with Crippen LogP contribution < -0.4 is 10.6 Å². The van der Waals surface area contributed by atoms with Gasteiger partial charge in [-0.15, -0.1) is 11.3 Å². The van der Waals surface area contributed by atoms with Gasteiger partial charge in [0.15, 0.2) is 0 Å². The Balaban J connectivity index is 1.98. The van der Waals surface area contributed by atoms with Crippen LogP contribution in [0.25, 0.3) is 0 Å². The van der Waals surface area contributed by atoms with Crippen molar-refractivity contribution in [2.45, 2.75) is 52.1 Å². The van der Waals surface area contributed by atoms with Gasteiger partial charge in [-0.05, 0) is 31.2 Å². The fourth-order valence-corrected chi connectivity index (χ4v) is 3.11. The Bertz CT molecular complexity index is 617. The first-order valence-electron chi connectivity index (χ1n) is 7.49. The van der Waals surface area contributed by atoms with Gasteiger partial charge in [0.2, 0.25) is 0 Å². The molecule has 4 nitrogen and oxygen atoms in total. The van der Waals surface area contributed by atoms with Crippen molar-refractivity contribution in [1.29, 1.82) is 0 Å². The van der Waals surface area contributed by atoms with Crippen LogP contribution in [0.5, 0.6) is 0 Å². The van der Waals surface area contributed by atoms with E-state index in [0.717, 1.165) is 23.8 Å². The number of rotatable bonds is 5. The van der Waals surface area contributed by atoms with Crippen molar-refractivity contribution in [2.24, 2.45) is 0 Å². The Morgan fingerprint density at radius 3 is 2.71 bits per heavy atom. The molecule has 2 aromatic heterocycles. The number of aromatic nitrogens is 2. The Hall–Kier alpha value is -1.62. The van der Waals surface area contributed by atoms with Crippen LogP contribution in [0.15, 0.2) is 17.5 Å². The number of nitrogens with zero attached hydrogens (tertiary/aromatic N) is 3. The molecule has 112 valence electrons. The molecular formula is C16H22N4S. The molecule has 0 spiro atoms. The maximum atomic E-state index is 6.12. The van der Waals surface area contributed by atoms with Gasteiger partial charge >= 0.3 is 0 Å². The van der Waals surface area contributed by atoms with Gasteiger partial charge in [0, 0.05) is 22.4 Å². The molecule has 0 amide bonds. The Labute approximate surface area is 130 Å². The maximum Gasteiger partial charge on any atom is 0.137 e. The van der Waals surface area contributed by atoms with E-state index in [1.807, 2.05) is 6.92 Å². The summed E-state index contributed by atoms with van der Waals surface area (Å²) in [6.07, 6.45) is 2.48. The van der Waals surface area contributed by atoms with Crippen LogP contribution in [-0.4, -0.2) is 16.0 Å². The predicted octanol–water partition coefficient (Wildman–Crippen LogP) is 3.72. The quantitative estimate of drug-likeness (QED) is 0.914. The molecule has 1 aliphatic rings. The summed E-state index contributed by atoms with van der Waals surface area (Å²) < 4.78 is 0.